The fourth-order valence-corrected chi connectivity index (χ4v) is 3.37. The lowest BCUT2D eigenvalue weighted by atomic mass is 10.0. The van der Waals surface area contributed by atoms with Gasteiger partial charge in [0.05, 0.1) is 12.1 Å². The molecule has 4 heteroatoms. The first-order chi connectivity index (χ1) is 10.6. The van der Waals surface area contributed by atoms with Crippen LogP contribution in [0.15, 0.2) is 42.5 Å². The second kappa shape index (κ2) is 4.70. The number of amides is 2. The van der Waals surface area contributed by atoms with Gasteiger partial charge < -0.3 is 9.80 Å². The molecule has 2 aliphatic rings. The van der Waals surface area contributed by atoms with Crippen LogP contribution in [0, 0.1) is 0 Å². The van der Waals surface area contributed by atoms with E-state index in [0.29, 0.717) is 12.0 Å². The van der Waals surface area contributed by atoms with E-state index in [1.807, 2.05) is 47.4 Å². The molecule has 2 aromatic rings. The standard InChI is InChI=1S/C18H16N2O2/c1-19(15-5-3-2-4-6-15)18(22)14-9-12-7-8-20-16(21)11-13(10-14)17(12)20/h2-6,9-10H,7-8,11H2,1H3. The van der Waals surface area contributed by atoms with Crippen LogP contribution in [0.1, 0.15) is 21.5 Å². The summed E-state index contributed by atoms with van der Waals surface area (Å²) in [7, 11) is 1.78. The average Bonchev–Trinajstić information content (AvgIpc) is 3.11. The lowest BCUT2D eigenvalue weighted by Crippen LogP contribution is -2.26. The maximum absolute atomic E-state index is 12.7. The monoisotopic (exact) mass is 292 g/mol. The van der Waals surface area contributed by atoms with Crippen molar-refractivity contribution in [3.8, 4) is 0 Å². The summed E-state index contributed by atoms with van der Waals surface area (Å²) in [6.07, 6.45) is 1.25. The van der Waals surface area contributed by atoms with Crippen molar-refractivity contribution in [3.63, 3.8) is 0 Å². The summed E-state index contributed by atoms with van der Waals surface area (Å²) in [6, 6.07) is 13.4. The van der Waals surface area contributed by atoms with E-state index in [0.717, 1.165) is 35.5 Å². The summed E-state index contributed by atoms with van der Waals surface area (Å²) < 4.78 is 0. The third-order valence-electron chi connectivity index (χ3n) is 4.48. The predicted molar refractivity (Wildman–Crippen MR) is 85.4 cm³/mol. The Morgan fingerprint density at radius 3 is 2.64 bits per heavy atom. The summed E-state index contributed by atoms with van der Waals surface area (Å²) in [5.41, 5.74) is 4.68. The van der Waals surface area contributed by atoms with Crippen LogP contribution in [-0.2, 0) is 17.6 Å². The van der Waals surface area contributed by atoms with Gasteiger partial charge in [-0.15, -0.1) is 0 Å². The van der Waals surface area contributed by atoms with E-state index in [4.69, 9.17) is 0 Å². The first-order valence-corrected chi connectivity index (χ1v) is 7.44. The van der Waals surface area contributed by atoms with Crippen molar-refractivity contribution in [1.82, 2.24) is 0 Å². The van der Waals surface area contributed by atoms with E-state index >= 15 is 0 Å². The fourth-order valence-electron chi connectivity index (χ4n) is 3.37. The Morgan fingerprint density at radius 1 is 1.14 bits per heavy atom. The van der Waals surface area contributed by atoms with Crippen LogP contribution < -0.4 is 9.80 Å². The van der Waals surface area contributed by atoms with E-state index in [9.17, 15) is 9.59 Å². The molecule has 2 heterocycles. The van der Waals surface area contributed by atoms with Gasteiger partial charge in [-0.25, -0.2) is 0 Å². The Morgan fingerprint density at radius 2 is 1.86 bits per heavy atom. The molecule has 0 N–H and O–H groups in total. The third-order valence-corrected chi connectivity index (χ3v) is 4.48. The van der Waals surface area contributed by atoms with Crippen LogP contribution in [0.4, 0.5) is 11.4 Å². The molecule has 0 bridgehead atoms. The topological polar surface area (TPSA) is 40.6 Å². The van der Waals surface area contributed by atoms with Crippen molar-refractivity contribution in [2.45, 2.75) is 12.8 Å². The minimum atomic E-state index is -0.0388. The number of nitrogens with zero attached hydrogens (tertiary/aromatic N) is 2. The molecule has 0 fully saturated rings. The molecule has 2 aliphatic heterocycles. The van der Waals surface area contributed by atoms with E-state index in [-0.39, 0.29) is 11.8 Å². The Bertz CT molecular complexity index is 783. The lowest BCUT2D eigenvalue weighted by Gasteiger charge is -2.18. The zero-order chi connectivity index (χ0) is 15.3. The van der Waals surface area contributed by atoms with Gasteiger partial charge in [0.25, 0.3) is 5.91 Å². The zero-order valence-corrected chi connectivity index (χ0v) is 12.4. The molecular weight excluding hydrogens is 276 g/mol. The number of rotatable bonds is 2. The number of carbonyl (C=O) groups excluding carboxylic acids is 2. The second-order valence-corrected chi connectivity index (χ2v) is 5.81. The van der Waals surface area contributed by atoms with Crippen molar-refractivity contribution in [2.24, 2.45) is 0 Å². The van der Waals surface area contributed by atoms with Gasteiger partial charge in [0.2, 0.25) is 5.91 Å². The van der Waals surface area contributed by atoms with E-state index in [2.05, 4.69) is 0 Å². The minimum absolute atomic E-state index is 0.0388. The van der Waals surface area contributed by atoms with Crippen molar-refractivity contribution in [2.75, 3.05) is 23.4 Å². The minimum Gasteiger partial charge on any atom is -0.311 e. The normalized spacial score (nSPS) is 15.1. The van der Waals surface area contributed by atoms with Crippen LogP contribution >= 0.6 is 0 Å². The average molecular weight is 292 g/mol. The molecule has 2 aromatic carbocycles. The highest BCUT2D eigenvalue weighted by Gasteiger charge is 2.34. The molecule has 110 valence electrons. The fraction of sp³-hybridized carbons (Fsp3) is 0.222. The zero-order valence-electron chi connectivity index (χ0n) is 12.4. The predicted octanol–water partition coefficient (Wildman–Crippen LogP) is 2.41. The molecule has 0 spiro atoms. The third kappa shape index (κ3) is 1.84. The molecule has 4 rings (SSSR count). The smallest absolute Gasteiger partial charge is 0.258 e. The van der Waals surface area contributed by atoms with Crippen LogP contribution in [-0.4, -0.2) is 25.4 Å². The van der Waals surface area contributed by atoms with Crippen molar-refractivity contribution >= 4 is 23.2 Å². The second-order valence-electron chi connectivity index (χ2n) is 5.81. The molecule has 0 unspecified atom stereocenters. The maximum atomic E-state index is 12.7. The SMILES string of the molecule is CN(C(=O)c1cc2c3c(c1)CC(=O)N3CC2)c1ccccc1. The summed E-state index contributed by atoms with van der Waals surface area (Å²) in [6.45, 7) is 0.743. The van der Waals surface area contributed by atoms with Crippen LogP contribution in [0.3, 0.4) is 0 Å². The van der Waals surface area contributed by atoms with E-state index < -0.39 is 0 Å². The van der Waals surface area contributed by atoms with Crippen molar-refractivity contribution < 1.29 is 9.59 Å². The van der Waals surface area contributed by atoms with Crippen LogP contribution in [0.2, 0.25) is 0 Å². The molecule has 22 heavy (non-hydrogen) atoms. The molecule has 2 amide bonds. The number of anilines is 2. The molecule has 0 saturated heterocycles. The summed E-state index contributed by atoms with van der Waals surface area (Å²) in [5.74, 6) is 0.109. The largest absolute Gasteiger partial charge is 0.311 e. The van der Waals surface area contributed by atoms with Gasteiger partial charge in [-0.05, 0) is 41.8 Å². The van der Waals surface area contributed by atoms with Crippen LogP contribution in [0.5, 0.6) is 0 Å². The quantitative estimate of drug-likeness (QED) is 0.853. The van der Waals surface area contributed by atoms with Gasteiger partial charge in [0.1, 0.15) is 0 Å². The number of hydrogen-bond donors (Lipinski definition) is 0. The van der Waals surface area contributed by atoms with Gasteiger partial charge in [0.15, 0.2) is 0 Å². The maximum Gasteiger partial charge on any atom is 0.258 e. The molecule has 0 atom stereocenters. The Hall–Kier alpha value is -2.62. The molecule has 4 nitrogen and oxygen atoms in total. The molecule has 0 aliphatic carbocycles. The number of benzene rings is 2. The summed E-state index contributed by atoms with van der Waals surface area (Å²) in [5, 5.41) is 0. The highest BCUT2D eigenvalue weighted by molar-refractivity contribution is 6.09. The summed E-state index contributed by atoms with van der Waals surface area (Å²) in [4.78, 5) is 28.2. The van der Waals surface area contributed by atoms with Gasteiger partial charge in [-0.3, -0.25) is 9.59 Å². The Labute approximate surface area is 129 Å². The van der Waals surface area contributed by atoms with Gasteiger partial charge >= 0.3 is 0 Å². The lowest BCUT2D eigenvalue weighted by molar-refractivity contribution is -0.117. The highest BCUT2D eigenvalue weighted by atomic mass is 16.2. The Balaban J connectivity index is 1.72. The molecule has 0 radical (unpaired) electrons. The number of hydrogen-bond acceptors (Lipinski definition) is 2. The highest BCUT2D eigenvalue weighted by Crippen LogP contribution is 2.38. The first-order valence-electron chi connectivity index (χ1n) is 7.44. The number of para-hydroxylation sites is 1. The first kappa shape index (κ1) is 13.1. The van der Waals surface area contributed by atoms with Crippen LogP contribution in [0.25, 0.3) is 0 Å². The van der Waals surface area contributed by atoms with Crippen molar-refractivity contribution in [1.29, 1.82) is 0 Å². The van der Waals surface area contributed by atoms with Gasteiger partial charge in [0, 0.05) is 24.8 Å². The molecular formula is C18H16N2O2. The molecule has 0 aromatic heterocycles. The van der Waals surface area contributed by atoms with E-state index in [1.165, 1.54) is 0 Å². The van der Waals surface area contributed by atoms with E-state index in [1.54, 1.807) is 11.9 Å². The Kier molecular flexibility index (Phi) is 2.79. The van der Waals surface area contributed by atoms with Crippen molar-refractivity contribution in [3.05, 3.63) is 59.2 Å². The number of carbonyl (C=O) groups is 2. The summed E-state index contributed by atoms with van der Waals surface area (Å²) >= 11 is 0. The molecule has 0 saturated carbocycles. The van der Waals surface area contributed by atoms with Gasteiger partial charge in [-0.2, -0.15) is 0 Å². The van der Waals surface area contributed by atoms with Gasteiger partial charge in [-0.1, -0.05) is 18.2 Å².